The van der Waals surface area contributed by atoms with Gasteiger partial charge in [0.1, 0.15) is 6.04 Å². The first kappa shape index (κ1) is 20.0. The Morgan fingerprint density at radius 1 is 1.16 bits per heavy atom. The lowest BCUT2D eigenvalue weighted by atomic mass is 9.96. The molecule has 2 heterocycles. The fourth-order valence-electron chi connectivity index (χ4n) is 5.33. The number of anilines is 1. The predicted molar refractivity (Wildman–Crippen MR) is 112 cm³/mol. The number of amides is 3. The van der Waals surface area contributed by atoms with E-state index in [0.717, 1.165) is 12.5 Å². The predicted octanol–water partition coefficient (Wildman–Crippen LogP) is 4.80. The molecule has 0 unspecified atom stereocenters. The number of halogens is 2. The highest BCUT2D eigenvalue weighted by Gasteiger charge is 2.47. The molecular weight excluding hydrogens is 400 g/mol. The zero-order valence-electron chi connectivity index (χ0n) is 17.6. The van der Waals surface area contributed by atoms with Crippen LogP contribution in [0.3, 0.4) is 0 Å². The number of urea groups is 1. The molecule has 162 valence electrons. The number of likely N-dealkylation sites (tertiary alicyclic amines) is 1. The molecule has 1 saturated heterocycles. The van der Waals surface area contributed by atoms with E-state index >= 15 is 0 Å². The van der Waals surface area contributed by atoms with Gasteiger partial charge in [0.2, 0.25) is 5.91 Å². The van der Waals surface area contributed by atoms with Gasteiger partial charge >= 0.3 is 6.03 Å². The minimum absolute atomic E-state index is 0.0117. The first-order valence-corrected chi connectivity index (χ1v) is 10.8. The first-order chi connectivity index (χ1) is 14.8. The van der Waals surface area contributed by atoms with Crippen LogP contribution in [0.15, 0.2) is 36.4 Å². The van der Waals surface area contributed by atoms with E-state index in [1.54, 1.807) is 0 Å². The third-order valence-electron chi connectivity index (χ3n) is 6.76. The Balaban J connectivity index is 1.46. The summed E-state index contributed by atoms with van der Waals surface area (Å²) < 4.78 is 28.3. The van der Waals surface area contributed by atoms with Crippen molar-refractivity contribution in [2.24, 2.45) is 5.92 Å². The highest BCUT2D eigenvalue weighted by atomic mass is 19.2. The second-order valence-electron chi connectivity index (χ2n) is 9.16. The van der Waals surface area contributed by atoms with Gasteiger partial charge in [-0.15, -0.1) is 0 Å². The van der Waals surface area contributed by atoms with Gasteiger partial charge in [-0.3, -0.25) is 4.79 Å². The van der Waals surface area contributed by atoms with Gasteiger partial charge < -0.3 is 15.1 Å². The standard InChI is InChI=1S/C24H25F2N3O2/c1-13(2)9-21(29-12-17-19(27-24(29)31)8-7-18(25)22(17)26)23(30)28-11-14-10-20(28)16-6-4-3-5-15(14)16/h3-8,13-14,20-21H,9-12H2,1-2H3,(H,27,31)/t14-,20-,21-/m1/s1. The maximum Gasteiger partial charge on any atom is 0.322 e. The summed E-state index contributed by atoms with van der Waals surface area (Å²) in [7, 11) is 0. The van der Waals surface area contributed by atoms with Crippen LogP contribution in [-0.4, -0.2) is 34.3 Å². The number of hydrogen-bond donors (Lipinski definition) is 1. The normalized spacial score (nSPS) is 22.4. The molecule has 1 N–H and O–H groups in total. The molecule has 2 aromatic carbocycles. The van der Waals surface area contributed by atoms with E-state index in [1.165, 1.54) is 22.1 Å². The van der Waals surface area contributed by atoms with Crippen molar-refractivity contribution in [3.05, 3.63) is 64.7 Å². The number of nitrogens with one attached hydrogen (secondary N) is 1. The van der Waals surface area contributed by atoms with Gasteiger partial charge in [0.15, 0.2) is 11.6 Å². The van der Waals surface area contributed by atoms with Crippen molar-refractivity contribution in [2.75, 3.05) is 11.9 Å². The van der Waals surface area contributed by atoms with Gasteiger partial charge in [-0.05, 0) is 42.0 Å². The zero-order chi connectivity index (χ0) is 21.9. The average Bonchev–Trinajstić information content (AvgIpc) is 3.34. The molecule has 0 saturated carbocycles. The number of benzene rings is 2. The van der Waals surface area contributed by atoms with E-state index in [4.69, 9.17) is 0 Å². The van der Waals surface area contributed by atoms with Crippen molar-refractivity contribution in [3.63, 3.8) is 0 Å². The van der Waals surface area contributed by atoms with Crippen LogP contribution in [0.4, 0.5) is 19.3 Å². The van der Waals surface area contributed by atoms with Crippen LogP contribution in [0.2, 0.25) is 0 Å². The second-order valence-corrected chi connectivity index (χ2v) is 9.16. The molecule has 5 nitrogen and oxygen atoms in total. The van der Waals surface area contributed by atoms with E-state index in [0.29, 0.717) is 18.9 Å². The van der Waals surface area contributed by atoms with Crippen LogP contribution in [-0.2, 0) is 11.3 Å². The number of carbonyl (C=O) groups is 2. The SMILES string of the molecule is CC(C)C[C@H](C(=O)N1C[C@H]2C[C@@H]1c1ccccc12)N1Cc2c(ccc(F)c2F)NC1=O. The van der Waals surface area contributed by atoms with E-state index in [-0.39, 0.29) is 35.7 Å². The van der Waals surface area contributed by atoms with Crippen molar-refractivity contribution in [1.82, 2.24) is 9.80 Å². The maximum atomic E-state index is 14.5. The molecular formula is C24H25F2N3O2. The van der Waals surface area contributed by atoms with Crippen LogP contribution in [0.1, 0.15) is 55.3 Å². The van der Waals surface area contributed by atoms with Gasteiger partial charge in [0.25, 0.3) is 0 Å². The summed E-state index contributed by atoms with van der Waals surface area (Å²) >= 11 is 0. The van der Waals surface area contributed by atoms with Gasteiger partial charge in [0.05, 0.1) is 18.3 Å². The Morgan fingerprint density at radius 2 is 1.90 bits per heavy atom. The van der Waals surface area contributed by atoms with Crippen LogP contribution in [0.25, 0.3) is 0 Å². The van der Waals surface area contributed by atoms with E-state index in [1.807, 2.05) is 30.9 Å². The van der Waals surface area contributed by atoms with Crippen molar-refractivity contribution < 1.29 is 18.4 Å². The molecule has 3 amide bonds. The molecule has 0 spiro atoms. The summed E-state index contributed by atoms with van der Waals surface area (Å²) in [5.74, 6) is -1.60. The molecule has 2 aliphatic heterocycles. The third-order valence-corrected chi connectivity index (χ3v) is 6.76. The number of rotatable bonds is 4. The van der Waals surface area contributed by atoms with Crippen molar-refractivity contribution in [3.8, 4) is 0 Å². The molecule has 1 fully saturated rings. The third kappa shape index (κ3) is 3.18. The number of hydrogen-bond acceptors (Lipinski definition) is 2. The summed E-state index contributed by atoms with van der Waals surface area (Å²) in [4.78, 5) is 29.9. The van der Waals surface area contributed by atoms with Gasteiger partial charge in [-0.2, -0.15) is 0 Å². The number of nitrogens with zero attached hydrogens (tertiary/aromatic N) is 2. The van der Waals surface area contributed by atoms with Crippen LogP contribution < -0.4 is 5.32 Å². The molecule has 2 aromatic rings. The molecule has 0 aromatic heterocycles. The summed E-state index contributed by atoms with van der Waals surface area (Å²) in [6, 6.07) is 9.38. The highest BCUT2D eigenvalue weighted by Crippen LogP contribution is 2.50. The van der Waals surface area contributed by atoms with Crippen molar-refractivity contribution >= 4 is 17.6 Å². The van der Waals surface area contributed by atoms with E-state index < -0.39 is 23.7 Å². The lowest BCUT2D eigenvalue weighted by Crippen LogP contribution is -2.54. The van der Waals surface area contributed by atoms with Crippen LogP contribution in [0.5, 0.6) is 0 Å². The molecule has 31 heavy (non-hydrogen) atoms. The fraction of sp³-hybridized carbons (Fsp3) is 0.417. The Labute approximate surface area is 180 Å². The van der Waals surface area contributed by atoms with E-state index in [9.17, 15) is 18.4 Å². The molecule has 3 aliphatic rings. The number of carbonyl (C=O) groups excluding carboxylic acids is 2. The summed E-state index contributed by atoms with van der Waals surface area (Å²) in [5, 5.41) is 2.64. The second kappa shape index (κ2) is 7.32. The molecule has 2 bridgehead atoms. The largest absolute Gasteiger partial charge is 0.333 e. The quantitative estimate of drug-likeness (QED) is 0.765. The van der Waals surface area contributed by atoms with Gasteiger partial charge in [-0.25, -0.2) is 13.6 Å². The zero-order valence-corrected chi connectivity index (χ0v) is 17.6. The molecule has 0 radical (unpaired) electrons. The molecule has 3 atom stereocenters. The van der Waals surface area contributed by atoms with E-state index in [2.05, 4.69) is 17.4 Å². The van der Waals surface area contributed by atoms with Crippen LogP contribution >= 0.6 is 0 Å². The first-order valence-electron chi connectivity index (χ1n) is 10.8. The summed E-state index contributed by atoms with van der Waals surface area (Å²) in [6.07, 6.45) is 1.35. The molecule has 7 heteroatoms. The number of fused-ring (bicyclic) bond motifs is 6. The Kier molecular flexibility index (Phi) is 4.72. The van der Waals surface area contributed by atoms with Crippen LogP contribution in [0, 0.1) is 17.6 Å². The Morgan fingerprint density at radius 3 is 2.65 bits per heavy atom. The van der Waals surface area contributed by atoms with Crippen molar-refractivity contribution in [2.45, 2.75) is 51.2 Å². The Bertz CT molecular complexity index is 1070. The maximum absolute atomic E-state index is 14.5. The monoisotopic (exact) mass is 425 g/mol. The molecule has 5 rings (SSSR count). The fourth-order valence-corrected chi connectivity index (χ4v) is 5.33. The van der Waals surface area contributed by atoms with Gasteiger partial charge in [-0.1, -0.05) is 38.1 Å². The average molecular weight is 425 g/mol. The minimum Gasteiger partial charge on any atom is -0.333 e. The topological polar surface area (TPSA) is 52.7 Å². The minimum atomic E-state index is -0.979. The van der Waals surface area contributed by atoms with Gasteiger partial charge in [0, 0.05) is 18.0 Å². The van der Waals surface area contributed by atoms with Crippen molar-refractivity contribution in [1.29, 1.82) is 0 Å². The molecule has 1 aliphatic carbocycles. The lowest BCUT2D eigenvalue weighted by molar-refractivity contribution is -0.138. The smallest absolute Gasteiger partial charge is 0.322 e. The summed E-state index contributed by atoms with van der Waals surface area (Å²) in [6.45, 7) is 4.47. The highest BCUT2D eigenvalue weighted by molar-refractivity contribution is 5.96. The summed E-state index contributed by atoms with van der Waals surface area (Å²) in [5.41, 5.74) is 2.82. The lowest BCUT2D eigenvalue weighted by Gasteiger charge is -2.39. The Hall–Kier alpha value is -2.96.